The van der Waals surface area contributed by atoms with Gasteiger partial charge in [-0.25, -0.2) is 0 Å². The van der Waals surface area contributed by atoms with E-state index in [2.05, 4.69) is 115 Å². The number of amides is 2. The summed E-state index contributed by atoms with van der Waals surface area (Å²) in [5.41, 5.74) is 11.3. The smallest absolute Gasteiger partial charge is 0.262 e. The van der Waals surface area contributed by atoms with E-state index in [4.69, 9.17) is 9.47 Å². The van der Waals surface area contributed by atoms with Gasteiger partial charge in [0, 0.05) is 20.3 Å². The topological polar surface area (TPSA) is 76.7 Å². The Morgan fingerprint density at radius 1 is 0.528 bits per heavy atom. The van der Waals surface area contributed by atoms with Crippen molar-refractivity contribution in [1.29, 1.82) is 0 Å². The molecule has 0 atom stereocenters. The zero-order valence-corrected chi connectivity index (χ0v) is 33.0. The zero-order chi connectivity index (χ0) is 37.3. The van der Waals surface area contributed by atoms with Crippen molar-refractivity contribution in [3.8, 4) is 22.6 Å². The summed E-state index contributed by atoms with van der Waals surface area (Å²) in [4.78, 5) is 26.0. The highest BCUT2D eigenvalue weighted by Crippen LogP contribution is 2.56. The van der Waals surface area contributed by atoms with E-state index >= 15 is 0 Å². The number of fused-ring (bicyclic) bond motifs is 3. The Labute approximate surface area is 326 Å². The van der Waals surface area contributed by atoms with E-state index in [0.29, 0.717) is 22.9 Å². The second-order valence-corrected chi connectivity index (χ2v) is 15.2. The first-order valence-electron chi connectivity index (χ1n) is 17.3. The molecule has 8 heteroatoms. The van der Waals surface area contributed by atoms with Crippen LogP contribution in [-0.2, 0) is 15.0 Å². The Morgan fingerprint density at radius 3 is 1.23 bits per heavy atom. The van der Waals surface area contributed by atoms with Gasteiger partial charge in [0.15, 0.2) is 13.2 Å². The molecule has 6 aromatic carbocycles. The number of hydrogen-bond acceptors (Lipinski definition) is 4. The van der Waals surface area contributed by atoms with Crippen molar-refractivity contribution in [2.45, 2.75) is 33.1 Å². The number of carbonyl (C=O) groups excluding carboxylic acids is 2. The van der Waals surface area contributed by atoms with Crippen LogP contribution in [0.15, 0.2) is 130 Å². The van der Waals surface area contributed by atoms with E-state index < -0.39 is 5.41 Å². The Bertz CT molecular complexity index is 2140. The van der Waals surface area contributed by atoms with Gasteiger partial charge in [0.1, 0.15) is 11.5 Å². The van der Waals surface area contributed by atoms with Crippen molar-refractivity contribution < 1.29 is 19.1 Å². The van der Waals surface area contributed by atoms with Gasteiger partial charge in [-0.2, -0.15) is 0 Å². The van der Waals surface area contributed by atoms with Crippen LogP contribution in [0.1, 0.15) is 44.5 Å². The molecule has 2 amide bonds. The molecule has 7 rings (SSSR count). The molecule has 0 radical (unpaired) electrons. The summed E-state index contributed by atoms with van der Waals surface area (Å²) in [6.45, 7) is 7.65. The maximum absolute atomic E-state index is 13.0. The van der Waals surface area contributed by atoms with Gasteiger partial charge < -0.3 is 20.1 Å². The third kappa shape index (κ3) is 7.13. The Morgan fingerprint density at radius 2 is 0.868 bits per heavy atom. The highest BCUT2D eigenvalue weighted by Gasteiger charge is 2.45. The van der Waals surface area contributed by atoms with E-state index in [-0.39, 0.29) is 25.0 Å². The van der Waals surface area contributed by atoms with Gasteiger partial charge in [0.2, 0.25) is 0 Å². The van der Waals surface area contributed by atoms with Crippen molar-refractivity contribution >= 4 is 55.0 Å². The molecular weight excluding hydrogens is 792 g/mol. The van der Waals surface area contributed by atoms with Gasteiger partial charge in [-0.3, -0.25) is 9.59 Å². The summed E-state index contributed by atoms with van der Waals surface area (Å²) in [6.07, 6.45) is 0. The van der Waals surface area contributed by atoms with Crippen molar-refractivity contribution in [3.05, 3.63) is 175 Å². The largest absolute Gasteiger partial charge is 0.483 e. The molecule has 1 aliphatic rings. The summed E-state index contributed by atoms with van der Waals surface area (Å²) in [7, 11) is 0. The number of benzene rings is 6. The van der Waals surface area contributed by atoms with Gasteiger partial charge in [-0.15, -0.1) is 0 Å². The summed E-state index contributed by atoms with van der Waals surface area (Å²) >= 11 is 7.02. The minimum atomic E-state index is -0.641. The zero-order valence-electron chi connectivity index (χ0n) is 29.9. The molecule has 266 valence electrons. The molecule has 0 aromatic heterocycles. The third-order valence-electron chi connectivity index (χ3n) is 9.70. The molecule has 0 saturated carbocycles. The minimum Gasteiger partial charge on any atom is -0.483 e. The number of anilines is 2. The van der Waals surface area contributed by atoms with Crippen LogP contribution in [0, 0.1) is 27.7 Å². The molecule has 6 aromatic rings. The first-order chi connectivity index (χ1) is 25.5. The van der Waals surface area contributed by atoms with Crippen LogP contribution in [0.25, 0.3) is 11.1 Å². The number of halogens is 2. The minimum absolute atomic E-state index is 0.103. The van der Waals surface area contributed by atoms with E-state index in [1.54, 1.807) is 0 Å². The fraction of sp³-hybridized carbons (Fsp3) is 0.156. The van der Waals surface area contributed by atoms with Gasteiger partial charge >= 0.3 is 0 Å². The maximum atomic E-state index is 13.0. The number of nitrogens with one attached hydrogen (secondary N) is 2. The molecule has 2 N–H and O–H groups in total. The van der Waals surface area contributed by atoms with Gasteiger partial charge in [0.25, 0.3) is 11.8 Å². The van der Waals surface area contributed by atoms with Crippen LogP contribution >= 0.6 is 31.9 Å². The number of carbonyl (C=O) groups is 2. The average molecular weight is 831 g/mol. The van der Waals surface area contributed by atoms with Crippen LogP contribution in [0.3, 0.4) is 0 Å². The molecule has 0 fully saturated rings. The first kappa shape index (κ1) is 36.2. The molecule has 0 unspecified atom stereocenters. The molecule has 0 heterocycles. The first-order valence-corrected chi connectivity index (χ1v) is 18.9. The fourth-order valence-electron chi connectivity index (χ4n) is 7.55. The van der Waals surface area contributed by atoms with Crippen LogP contribution < -0.4 is 20.1 Å². The normalized spacial score (nSPS) is 12.4. The second-order valence-electron chi connectivity index (χ2n) is 13.4. The summed E-state index contributed by atoms with van der Waals surface area (Å²) < 4.78 is 13.8. The predicted molar refractivity (Wildman–Crippen MR) is 219 cm³/mol. The molecule has 0 bridgehead atoms. The SMILES string of the molecule is Cc1cc(Br)cc(C)c1OCC(=O)Nc1ccc(C2(c3ccc(NC(=O)COc4c(C)cc(Br)cc4C)cc3)c3ccccc3-c3ccccc32)cc1. The fourth-order valence-corrected chi connectivity index (χ4v) is 8.92. The Balaban J connectivity index is 1.15. The second kappa shape index (κ2) is 15.0. The highest BCUT2D eigenvalue weighted by molar-refractivity contribution is 9.10. The van der Waals surface area contributed by atoms with E-state index in [0.717, 1.165) is 53.5 Å². The van der Waals surface area contributed by atoms with Crippen molar-refractivity contribution in [2.24, 2.45) is 0 Å². The third-order valence-corrected chi connectivity index (χ3v) is 10.6. The van der Waals surface area contributed by atoms with Gasteiger partial charge in [-0.05, 0) is 132 Å². The molecule has 1 aliphatic carbocycles. The number of aryl methyl sites for hydroxylation is 4. The molecular formula is C45H38Br2N2O4. The number of rotatable bonds is 10. The van der Waals surface area contributed by atoms with Gasteiger partial charge in [-0.1, -0.05) is 105 Å². The van der Waals surface area contributed by atoms with Gasteiger partial charge in [0.05, 0.1) is 5.41 Å². The molecule has 53 heavy (non-hydrogen) atoms. The average Bonchev–Trinajstić information content (AvgIpc) is 3.42. The van der Waals surface area contributed by atoms with Crippen molar-refractivity contribution in [2.75, 3.05) is 23.8 Å². The van der Waals surface area contributed by atoms with Crippen LogP contribution in [-0.4, -0.2) is 25.0 Å². The lowest BCUT2D eigenvalue weighted by molar-refractivity contribution is -0.118. The Hall–Kier alpha value is -5.18. The number of hydrogen-bond donors (Lipinski definition) is 2. The number of ether oxygens (including phenoxy) is 2. The summed E-state index contributed by atoms with van der Waals surface area (Å²) in [5, 5.41) is 6.00. The molecule has 0 spiro atoms. The lowest BCUT2D eigenvalue weighted by atomic mass is 9.67. The molecule has 0 aliphatic heterocycles. The monoisotopic (exact) mass is 828 g/mol. The highest BCUT2D eigenvalue weighted by atomic mass is 79.9. The lowest BCUT2D eigenvalue weighted by Crippen LogP contribution is -2.29. The predicted octanol–water partition coefficient (Wildman–Crippen LogP) is 10.8. The van der Waals surface area contributed by atoms with Crippen molar-refractivity contribution in [3.63, 3.8) is 0 Å². The quantitative estimate of drug-likeness (QED) is 0.144. The standard InChI is InChI=1S/C45H38Br2N2O4/c1-27-21-33(46)22-28(2)43(27)52-25-41(50)48-35-17-13-31(14-18-35)45(39-11-7-5-9-37(39)38-10-6-8-12-40(38)45)32-15-19-36(20-16-32)49-42(51)26-53-44-29(3)23-34(47)24-30(44)4/h5-24H,25-26H2,1-4H3,(H,48,50)(H,49,51). The summed E-state index contributed by atoms with van der Waals surface area (Å²) in [6, 6.07) is 41.0. The summed E-state index contributed by atoms with van der Waals surface area (Å²) in [5.74, 6) is 0.944. The van der Waals surface area contributed by atoms with Crippen molar-refractivity contribution in [1.82, 2.24) is 0 Å². The van der Waals surface area contributed by atoms with E-state index in [1.807, 2.05) is 76.2 Å². The Kier molecular flexibility index (Phi) is 10.3. The molecule has 6 nitrogen and oxygen atoms in total. The van der Waals surface area contributed by atoms with E-state index in [1.165, 1.54) is 11.1 Å². The van der Waals surface area contributed by atoms with E-state index in [9.17, 15) is 9.59 Å². The van der Waals surface area contributed by atoms with Crippen LogP contribution in [0.4, 0.5) is 11.4 Å². The maximum Gasteiger partial charge on any atom is 0.262 e. The molecule has 0 saturated heterocycles. The van der Waals surface area contributed by atoms with Crippen LogP contribution in [0.2, 0.25) is 0 Å². The lowest BCUT2D eigenvalue weighted by Gasteiger charge is -2.34. The van der Waals surface area contributed by atoms with Crippen LogP contribution in [0.5, 0.6) is 11.5 Å².